The van der Waals surface area contributed by atoms with E-state index in [1.54, 1.807) is 0 Å². The van der Waals surface area contributed by atoms with Crippen molar-refractivity contribution in [2.24, 2.45) is 17.3 Å². The van der Waals surface area contributed by atoms with Gasteiger partial charge in [0, 0.05) is 18.0 Å². The summed E-state index contributed by atoms with van der Waals surface area (Å²) in [6.07, 6.45) is 0.952. The Morgan fingerprint density at radius 2 is 1.73 bits per heavy atom. The topological polar surface area (TPSA) is 77.5 Å². The first kappa shape index (κ1) is 20.8. The summed E-state index contributed by atoms with van der Waals surface area (Å²) in [5, 5.41) is 18.2. The van der Waals surface area contributed by atoms with Crippen LogP contribution in [0.25, 0.3) is 33.2 Å². The maximum atomic E-state index is 5.79. The Hall–Kier alpha value is -4.13. The van der Waals surface area contributed by atoms with Crippen LogP contribution in [-0.4, -0.2) is 26.4 Å². The number of benzene rings is 3. The summed E-state index contributed by atoms with van der Waals surface area (Å²) in [6.45, 7) is 3.14. The van der Waals surface area contributed by atoms with E-state index in [4.69, 9.17) is 4.74 Å². The third kappa shape index (κ3) is 4.17. The van der Waals surface area contributed by atoms with Gasteiger partial charge < -0.3 is 9.30 Å². The molecule has 164 valence electrons. The molecule has 0 saturated heterocycles. The van der Waals surface area contributed by atoms with Gasteiger partial charge in [0.05, 0.1) is 18.7 Å². The zero-order valence-corrected chi connectivity index (χ0v) is 18.6. The molecule has 2 aromatic heterocycles. The molecule has 0 fully saturated rings. The van der Waals surface area contributed by atoms with Crippen molar-refractivity contribution in [3.05, 3.63) is 78.4 Å². The Bertz CT molecular complexity index is 1440. The second kappa shape index (κ2) is 9.16. The molecule has 2 heterocycles. The van der Waals surface area contributed by atoms with E-state index in [-0.39, 0.29) is 5.95 Å². The smallest absolute Gasteiger partial charge is 0.289 e. The zero-order chi connectivity index (χ0) is 22.6. The molecule has 0 radical (unpaired) electrons. The van der Waals surface area contributed by atoms with E-state index >= 15 is 0 Å². The number of aromatic nitrogens is 4. The number of para-hydroxylation sites is 1. The minimum atomic E-state index is 0.239. The summed E-state index contributed by atoms with van der Waals surface area (Å²) in [4.78, 5) is 4.62. The third-order valence-corrected chi connectivity index (χ3v) is 5.53. The number of nitrogens with zero attached hydrogens (tertiary/aromatic N) is 6. The molecule has 5 rings (SSSR count). The predicted octanol–water partition coefficient (Wildman–Crippen LogP) is 6.26. The number of hydrogen-bond acceptors (Lipinski definition) is 6. The number of aryl methyl sites for hydroxylation is 1. The summed E-state index contributed by atoms with van der Waals surface area (Å²) < 4.78 is 7.80. The lowest BCUT2D eigenvalue weighted by Crippen LogP contribution is -1.98. The van der Waals surface area contributed by atoms with Crippen molar-refractivity contribution in [1.82, 2.24) is 19.7 Å². The van der Waals surface area contributed by atoms with Gasteiger partial charge >= 0.3 is 0 Å². The standard InChI is InChI=1S/C26H24N6O/c1-3-15-33-23-12-8-7-11-20(23)17-27-30-26-28-25-24(29-31-26)21-16-19(13-14-22(21)32(25)2)18-9-5-4-6-10-18/h4-14,16H,3,15,17H2,1-2H3. The van der Waals surface area contributed by atoms with E-state index in [0.717, 1.165) is 50.9 Å². The van der Waals surface area contributed by atoms with Gasteiger partial charge in [-0.15, -0.1) is 15.3 Å². The van der Waals surface area contributed by atoms with E-state index in [0.29, 0.717) is 13.2 Å². The molecule has 0 unspecified atom stereocenters. The molecule has 0 spiro atoms. The molecule has 33 heavy (non-hydrogen) atoms. The normalized spacial score (nSPS) is 11.6. The molecular weight excluding hydrogens is 412 g/mol. The molecule has 3 aromatic carbocycles. The van der Waals surface area contributed by atoms with Crippen LogP contribution >= 0.6 is 0 Å². The molecule has 5 aromatic rings. The highest BCUT2D eigenvalue weighted by Crippen LogP contribution is 2.30. The Morgan fingerprint density at radius 3 is 2.58 bits per heavy atom. The molecule has 0 amide bonds. The zero-order valence-electron chi connectivity index (χ0n) is 18.6. The first-order chi connectivity index (χ1) is 16.2. The Kier molecular flexibility index (Phi) is 5.76. The number of hydrogen-bond donors (Lipinski definition) is 0. The van der Waals surface area contributed by atoms with Crippen molar-refractivity contribution in [3.63, 3.8) is 0 Å². The molecule has 0 aliphatic heterocycles. The van der Waals surface area contributed by atoms with Crippen LogP contribution in [0.4, 0.5) is 5.95 Å². The first-order valence-electron chi connectivity index (χ1n) is 11.0. The summed E-state index contributed by atoms with van der Waals surface area (Å²) in [6, 6.07) is 24.5. The first-order valence-corrected chi connectivity index (χ1v) is 11.0. The van der Waals surface area contributed by atoms with Crippen LogP contribution in [0, 0.1) is 0 Å². The van der Waals surface area contributed by atoms with Crippen molar-refractivity contribution in [3.8, 4) is 16.9 Å². The van der Waals surface area contributed by atoms with E-state index in [2.05, 4.69) is 62.7 Å². The monoisotopic (exact) mass is 436 g/mol. The van der Waals surface area contributed by atoms with Crippen LogP contribution in [-0.2, 0) is 13.6 Å². The number of ether oxygens (including phenoxy) is 1. The van der Waals surface area contributed by atoms with Crippen LogP contribution < -0.4 is 4.74 Å². The fraction of sp³-hybridized carbons (Fsp3) is 0.192. The van der Waals surface area contributed by atoms with Crippen LogP contribution in [0.3, 0.4) is 0 Å². The summed E-state index contributed by atoms with van der Waals surface area (Å²) >= 11 is 0. The molecule has 7 heteroatoms. The number of azo groups is 1. The maximum Gasteiger partial charge on any atom is 0.289 e. The number of rotatable bonds is 7. The van der Waals surface area contributed by atoms with E-state index in [1.165, 1.54) is 0 Å². The van der Waals surface area contributed by atoms with Gasteiger partial charge in [-0.2, -0.15) is 10.1 Å². The van der Waals surface area contributed by atoms with Gasteiger partial charge in [0.15, 0.2) is 5.65 Å². The lowest BCUT2D eigenvalue weighted by molar-refractivity contribution is 0.314. The minimum Gasteiger partial charge on any atom is -0.493 e. The van der Waals surface area contributed by atoms with Crippen LogP contribution in [0.1, 0.15) is 18.9 Å². The fourth-order valence-electron chi connectivity index (χ4n) is 3.86. The second-order valence-corrected chi connectivity index (χ2v) is 7.80. The van der Waals surface area contributed by atoms with Gasteiger partial charge in [-0.3, -0.25) is 0 Å². The highest BCUT2D eigenvalue weighted by atomic mass is 16.5. The second-order valence-electron chi connectivity index (χ2n) is 7.80. The van der Waals surface area contributed by atoms with Gasteiger partial charge in [0.2, 0.25) is 0 Å². The Balaban J connectivity index is 1.44. The van der Waals surface area contributed by atoms with Crippen LogP contribution in [0.5, 0.6) is 5.75 Å². The lowest BCUT2D eigenvalue weighted by Gasteiger charge is -2.08. The molecule has 0 aliphatic rings. The van der Waals surface area contributed by atoms with Gasteiger partial charge in [-0.25, -0.2) is 0 Å². The highest BCUT2D eigenvalue weighted by molar-refractivity contribution is 6.05. The predicted molar refractivity (Wildman–Crippen MR) is 130 cm³/mol. The average Bonchev–Trinajstić information content (AvgIpc) is 3.15. The molecule has 0 N–H and O–H groups in total. The highest BCUT2D eigenvalue weighted by Gasteiger charge is 2.13. The van der Waals surface area contributed by atoms with Crippen LogP contribution in [0.15, 0.2) is 83.0 Å². The quantitative estimate of drug-likeness (QED) is 0.282. The molecule has 0 aliphatic carbocycles. The molecule has 0 atom stereocenters. The summed E-state index contributed by atoms with van der Waals surface area (Å²) in [5.74, 6) is 1.07. The lowest BCUT2D eigenvalue weighted by atomic mass is 10.0. The van der Waals surface area contributed by atoms with Gasteiger partial charge in [-0.05, 0) is 35.7 Å². The van der Waals surface area contributed by atoms with Gasteiger partial charge in [0.1, 0.15) is 11.3 Å². The SMILES string of the molecule is CCCOc1ccccc1CN=Nc1nnc2c3cc(-c4ccccc4)ccc3n(C)c2n1. The van der Waals surface area contributed by atoms with Crippen molar-refractivity contribution in [2.75, 3.05) is 6.61 Å². The fourth-order valence-corrected chi connectivity index (χ4v) is 3.86. The summed E-state index contributed by atoms with van der Waals surface area (Å²) in [5.41, 5.74) is 5.79. The van der Waals surface area contributed by atoms with Crippen molar-refractivity contribution in [1.29, 1.82) is 0 Å². The molecule has 0 saturated carbocycles. The third-order valence-electron chi connectivity index (χ3n) is 5.53. The molecule has 7 nitrogen and oxygen atoms in total. The van der Waals surface area contributed by atoms with Gasteiger partial charge in [0.25, 0.3) is 5.95 Å². The average molecular weight is 437 g/mol. The maximum absolute atomic E-state index is 5.79. The Labute approximate surface area is 191 Å². The summed E-state index contributed by atoms with van der Waals surface area (Å²) in [7, 11) is 1.98. The minimum absolute atomic E-state index is 0.239. The van der Waals surface area contributed by atoms with Crippen LogP contribution in [0.2, 0.25) is 0 Å². The Morgan fingerprint density at radius 1 is 0.909 bits per heavy atom. The van der Waals surface area contributed by atoms with Gasteiger partial charge in [-0.1, -0.05) is 61.5 Å². The van der Waals surface area contributed by atoms with E-state index < -0.39 is 0 Å². The van der Waals surface area contributed by atoms with E-state index in [9.17, 15) is 0 Å². The van der Waals surface area contributed by atoms with Crippen molar-refractivity contribution < 1.29 is 4.74 Å². The van der Waals surface area contributed by atoms with Crippen molar-refractivity contribution >= 4 is 28.0 Å². The molecular formula is C26H24N6O. The van der Waals surface area contributed by atoms with E-state index in [1.807, 2.05) is 54.1 Å². The van der Waals surface area contributed by atoms with Crippen molar-refractivity contribution in [2.45, 2.75) is 19.9 Å². The number of fused-ring (bicyclic) bond motifs is 3. The molecule has 0 bridgehead atoms. The largest absolute Gasteiger partial charge is 0.493 e.